The number of carbonyl (C=O) groups excluding carboxylic acids is 2. The fraction of sp³-hybridized carbons (Fsp3) is 0.360. The van der Waals surface area contributed by atoms with E-state index >= 15 is 0 Å². The first kappa shape index (κ1) is 25.6. The minimum Gasteiger partial charge on any atom is -0.359 e. The summed E-state index contributed by atoms with van der Waals surface area (Å²) in [7, 11) is 1.57. The van der Waals surface area contributed by atoms with E-state index in [0.29, 0.717) is 43.9 Å². The van der Waals surface area contributed by atoms with Crippen LogP contribution >= 0.6 is 11.6 Å². The summed E-state index contributed by atoms with van der Waals surface area (Å²) < 4.78 is 28.9. The molecule has 0 atom stereocenters. The number of likely N-dealkylation sites (tertiary alicyclic amines) is 1. The Morgan fingerprint density at radius 3 is 2.61 bits per heavy atom. The van der Waals surface area contributed by atoms with E-state index in [-0.39, 0.29) is 28.7 Å². The number of benzene rings is 1. The number of carbonyl (C=O) groups is 2. The van der Waals surface area contributed by atoms with Gasteiger partial charge in [-0.25, -0.2) is 13.8 Å². The van der Waals surface area contributed by atoms with Gasteiger partial charge in [-0.2, -0.15) is 5.10 Å². The zero-order chi connectivity index (χ0) is 25.9. The molecule has 3 heterocycles. The lowest BCUT2D eigenvalue weighted by Crippen LogP contribution is -2.46. The van der Waals surface area contributed by atoms with Crippen LogP contribution in [0.3, 0.4) is 0 Å². The van der Waals surface area contributed by atoms with Crippen LogP contribution in [0.2, 0.25) is 5.02 Å². The van der Waals surface area contributed by atoms with Gasteiger partial charge in [0.15, 0.2) is 23.3 Å². The number of nitrogens with zero attached hydrogens (tertiary/aromatic N) is 3. The lowest BCUT2D eigenvalue weighted by Gasteiger charge is -2.41. The van der Waals surface area contributed by atoms with E-state index in [0.717, 1.165) is 5.69 Å². The lowest BCUT2D eigenvalue weighted by molar-refractivity contribution is -0.123. The molecule has 3 aromatic rings. The average Bonchev–Trinajstić information content (AvgIpc) is 3.27. The maximum Gasteiger partial charge on any atom is 0.256 e. The molecule has 0 bridgehead atoms. The first-order chi connectivity index (χ1) is 17.2. The van der Waals surface area contributed by atoms with Gasteiger partial charge < -0.3 is 15.5 Å². The van der Waals surface area contributed by atoms with Crippen molar-refractivity contribution < 1.29 is 18.4 Å². The zero-order valence-corrected chi connectivity index (χ0v) is 20.8. The highest BCUT2D eigenvalue weighted by atomic mass is 35.5. The van der Waals surface area contributed by atoms with E-state index in [1.54, 1.807) is 24.1 Å². The molecule has 1 aromatic carbocycles. The molecule has 0 radical (unpaired) electrons. The average molecular weight is 517 g/mol. The van der Waals surface area contributed by atoms with Gasteiger partial charge in [0.2, 0.25) is 5.91 Å². The molecule has 11 heteroatoms. The van der Waals surface area contributed by atoms with Crippen LogP contribution in [0.4, 0.5) is 20.4 Å². The van der Waals surface area contributed by atoms with Crippen LogP contribution in [-0.2, 0) is 11.2 Å². The normalized spacial score (nSPS) is 15.0. The van der Waals surface area contributed by atoms with Crippen LogP contribution in [0.1, 0.15) is 41.0 Å². The molecule has 0 saturated carbocycles. The number of piperidine rings is 1. The lowest BCUT2D eigenvalue weighted by atomic mass is 9.72. The van der Waals surface area contributed by atoms with Gasteiger partial charge in [-0.15, -0.1) is 0 Å². The van der Waals surface area contributed by atoms with Gasteiger partial charge in [0.25, 0.3) is 5.91 Å². The largest absolute Gasteiger partial charge is 0.359 e. The first-order valence-corrected chi connectivity index (χ1v) is 12.0. The first-order valence-electron chi connectivity index (χ1n) is 11.6. The van der Waals surface area contributed by atoms with E-state index in [2.05, 4.69) is 25.8 Å². The Hall–Kier alpha value is -3.53. The number of aromatic amines is 1. The van der Waals surface area contributed by atoms with Crippen LogP contribution in [0.25, 0.3) is 0 Å². The summed E-state index contributed by atoms with van der Waals surface area (Å²) in [5.74, 6) is -1.36. The van der Waals surface area contributed by atoms with Crippen molar-refractivity contribution in [3.05, 3.63) is 70.0 Å². The molecule has 2 amide bonds. The quantitative estimate of drug-likeness (QED) is 0.432. The standard InChI is InChI=1S/C25H27ClF2N6O2/c1-15-12-20(33-32-15)31-23-19(27)7-6-16(30-23)13-25(14-21(35)29-2)8-10-34(11-9-25)24(36)17-4-3-5-18(26)22(17)28/h3-7,12H,8-11,13-14H2,1-2H3,(H,29,35)(H2,30,31,32,33). The maximum atomic E-state index is 14.5. The second kappa shape index (κ2) is 10.6. The number of nitrogens with one attached hydrogen (secondary N) is 3. The molecule has 1 aliphatic rings. The molecule has 190 valence electrons. The van der Waals surface area contributed by atoms with Crippen molar-refractivity contribution in [2.45, 2.75) is 32.6 Å². The molecule has 0 unspecified atom stereocenters. The third kappa shape index (κ3) is 5.64. The van der Waals surface area contributed by atoms with E-state index in [1.165, 1.54) is 24.3 Å². The van der Waals surface area contributed by atoms with Crippen molar-refractivity contribution in [3.63, 3.8) is 0 Å². The molecular weight excluding hydrogens is 490 g/mol. The van der Waals surface area contributed by atoms with Gasteiger partial charge in [-0.1, -0.05) is 17.7 Å². The SMILES string of the molecule is CNC(=O)CC1(Cc2ccc(F)c(Nc3cc(C)[nH]n3)n2)CCN(C(=O)c2cccc(Cl)c2F)CC1. The second-order valence-electron chi connectivity index (χ2n) is 9.11. The van der Waals surface area contributed by atoms with Gasteiger partial charge in [0.05, 0.1) is 10.6 Å². The van der Waals surface area contributed by atoms with E-state index in [9.17, 15) is 18.4 Å². The van der Waals surface area contributed by atoms with Crippen molar-refractivity contribution in [2.75, 3.05) is 25.5 Å². The molecule has 4 rings (SSSR count). The van der Waals surface area contributed by atoms with Crippen molar-refractivity contribution in [3.8, 4) is 0 Å². The predicted octanol–water partition coefficient (Wildman–Crippen LogP) is 4.39. The van der Waals surface area contributed by atoms with Crippen LogP contribution in [0.15, 0.2) is 36.4 Å². The number of rotatable bonds is 7. The number of H-pyrrole nitrogens is 1. The highest BCUT2D eigenvalue weighted by molar-refractivity contribution is 6.31. The third-order valence-electron chi connectivity index (χ3n) is 6.52. The number of amides is 2. The van der Waals surface area contributed by atoms with Crippen molar-refractivity contribution >= 4 is 35.1 Å². The fourth-order valence-corrected chi connectivity index (χ4v) is 4.70. The summed E-state index contributed by atoms with van der Waals surface area (Å²) in [6.45, 7) is 2.50. The number of hydrogen-bond acceptors (Lipinski definition) is 5. The summed E-state index contributed by atoms with van der Waals surface area (Å²) in [5, 5.41) is 12.3. The summed E-state index contributed by atoms with van der Waals surface area (Å²) in [4.78, 5) is 31.4. The van der Waals surface area contributed by atoms with Crippen LogP contribution < -0.4 is 10.6 Å². The van der Waals surface area contributed by atoms with Gasteiger partial charge in [-0.05, 0) is 55.9 Å². The Kier molecular flexibility index (Phi) is 7.53. The van der Waals surface area contributed by atoms with Crippen LogP contribution in [0, 0.1) is 24.0 Å². The molecule has 0 aliphatic carbocycles. The summed E-state index contributed by atoms with van der Waals surface area (Å²) in [6, 6.07) is 9.00. The second-order valence-corrected chi connectivity index (χ2v) is 9.52. The number of halogens is 3. The topological polar surface area (TPSA) is 103 Å². The summed E-state index contributed by atoms with van der Waals surface area (Å²) in [5.41, 5.74) is 0.841. The van der Waals surface area contributed by atoms with Gasteiger partial charge in [-0.3, -0.25) is 14.7 Å². The molecule has 2 aromatic heterocycles. The van der Waals surface area contributed by atoms with Crippen LogP contribution in [-0.4, -0.2) is 52.0 Å². The molecule has 0 spiro atoms. The molecule has 3 N–H and O–H groups in total. The molecule has 36 heavy (non-hydrogen) atoms. The molecule has 8 nitrogen and oxygen atoms in total. The predicted molar refractivity (Wildman–Crippen MR) is 132 cm³/mol. The van der Waals surface area contributed by atoms with Crippen molar-refractivity contribution in [1.29, 1.82) is 0 Å². The van der Waals surface area contributed by atoms with Crippen LogP contribution in [0.5, 0.6) is 0 Å². The molecule has 1 saturated heterocycles. The highest BCUT2D eigenvalue weighted by Gasteiger charge is 2.39. The van der Waals surface area contributed by atoms with E-state index in [1.807, 2.05) is 6.92 Å². The number of anilines is 2. The molecular formula is C25H27ClF2N6O2. The monoisotopic (exact) mass is 516 g/mol. The number of aryl methyl sites for hydroxylation is 1. The summed E-state index contributed by atoms with van der Waals surface area (Å²) in [6.07, 6.45) is 1.61. The Bertz CT molecular complexity index is 1270. The number of aromatic nitrogens is 3. The maximum absolute atomic E-state index is 14.5. The number of hydrogen-bond donors (Lipinski definition) is 3. The molecule has 1 aliphatic heterocycles. The minimum absolute atomic E-state index is 0.0399. The van der Waals surface area contributed by atoms with Gasteiger partial charge in [0, 0.05) is 44.0 Å². The van der Waals surface area contributed by atoms with E-state index in [4.69, 9.17) is 11.6 Å². The Balaban J connectivity index is 1.53. The fourth-order valence-electron chi connectivity index (χ4n) is 4.52. The minimum atomic E-state index is -0.742. The van der Waals surface area contributed by atoms with Gasteiger partial charge in [0.1, 0.15) is 0 Å². The Morgan fingerprint density at radius 1 is 1.19 bits per heavy atom. The van der Waals surface area contributed by atoms with Gasteiger partial charge >= 0.3 is 0 Å². The summed E-state index contributed by atoms with van der Waals surface area (Å²) >= 11 is 5.85. The highest BCUT2D eigenvalue weighted by Crippen LogP contribution is 2.39. The Labute approximate surface area is 212 Å². The third-order valence-corrected chi connectivity index (χ3v) is 6.81. The smallest absolute Gasteiger partial charge is 0.256 e. The Morgan fingerprint density at radius 2 is 1.94 bits per heavy atom. The molecule has 1 fully saturated rings. The zero-order valence-electron chi connectivity index (χ0n) is 20.0. The number of pyridine rings is 1. The van der Waals surface area contributed by atoms with E-state index < -0.39 is 23.0 Å². The van der Waals surface area contributed by atoms with Crippen molar-refractivity contribution in [2.24, 2.45) is 5.41 Å². The van der Waals surface area contributed by atoms with Crippen molar-refractivity contribution in [1.82, 2.24) is 25.4 Å².